The van der Waals surface area contributed by atoms with Gasteiger partial charge in [-0.15, -0.1) is 0 Å². The highest BCUT2D eigenvalue weighted by Gasteiger charge is 2.35. The fourth-order valence-electron chi connectivity index (χ4n) is 4.53. The number of benzene rings is 1. The molecule has 2 atom stereocenters. The Labute approximate surface area is 187 Å². The van der Waals surface area contributed by atoms with Crippen molar-refractivity contribution < 1.29 is 9.53 Å². The Bertz CT molecular complexity index is 753. The number of ether oxygens (including phenoxy) is 1. The van der Waals surface area contributed by atoms with Gasteiger partial charge in [0.2, 0.25) is 0 Å². The fourth-order valence-corrected chi connectivity index (χ4v) is 4.53. The first-order valence-electron chi connectivity index (χ1n) is 11.6. The molecule has 3 N–H and O–H groups in total. The number of urea groups is 1. The van der Waals surface area contributed by atoms with Crippen LogP contribution in [0.4, 0.5) is 10.5 Å². The van der Waals surface area contributed by atoms with Crippen LogP contribution in [0.15, 0.2) is 29.3 Å². The van der Waals surface area contributed by atoms with Crippen LogP contribution in [-0.2, 0) is 11.3 Å². The third kappa shape index (κ3) is 6.86. The molecule has 2 amide bonds. The number of anilines is 1. The predicted octanol–water partition coefficient (Wildman–Crippen LogP) is 3.82. The van der Waals surface area contributed by atoms with Crippen LogP contribution in [0.5, 0.6) is 0 Å². The van der Waals surface area contributed by atoms with Crippen LogP contribution in [0, 0.1) is 11.3 Å². The van der Waals surface area contributed by atoms with Crippen LogP contribution >= 0.6 is 0 Å². The number of hydrogen-bond donors (Lipinski definition) is 3. The molecule has 31 heavy (non-hydrogen) atoms. The van der Waals surface area contributed by atoms with E-state index >= 15 is 0 Å². The van der Waals surface area contributed by atoms with Crippen LogP contribution in [0.2, 0.25) is 0 Å². The summed E-state index contributed by atoms with van der Waals surface area (Å²) in [6, 6.07) is 7.96. The number of nitrogens with one attached hydrogen (secondary N) is 3. The van der Waals surface area contributed by atoms with Crippen molar-refractivity contribution in [3.05, 3.63) is 29.8 Å². The molecular weight excluding hydrogens is 390 g/mol. The van der Waals surface area contributed by atoms with Crippen molar-refractivity contribution in [3.8, 4) is 0 Å². The Hall–Kier alpha value is -2.28. The zero-order chi connectivity index (χ0) is 22.3. The van der Waals surface area contributed by atoms with Crippen LogP contribution in [0.1, 0.15) is 52.0 Å². The molecule has 0 saturated carbocycles. The first-order chi connectivity index (χ1) is 14.9. The maximum atomic E-state index is 12.3. The Morgan fingerprint density at radius 1 is 1.19 bits per heavy atom. The lowest BCUT2D eigenvalue weighted by Gasteiger charge is -2.40. The molecule has 2 aliphatic heterocycles. The van der Waals surface area contributed by atoms with Gasteiger partial charge >= 0.3 is 6.03 Å². The highest BCUT2D eigenvalue weighted by atomic mass is 16.5. The number of hydrogen-bond acceptors (Lipinski definition) is 3. The molecule has 2 fully saturated rings. The van der Waals surface area contributed by atoms with Crippen molar-refractivity contribution in [2.24, 2.45) is 16.3 Å². The summed E-state index contributed by atoms with van der Waals surface area (Å²) >= 11 is 0. The van der Waals surface area contributed by atoms with Gasteiger partial charge in [0.05, 0.1) is 6.10 Å². The average molecular weight is 430 g/mol. The summed E-state index contributed by atoms with van der Waals surface area (Å²) in [5.74, 6) is 1.25. The number of likely N-dealkylation sites (tertiary alicyclic amines) is 1. The highest BCUT2D eigenvalue weighted by Crippen LogP contribution is 2.33. The molecule has 0 aliphatic carbocycles. The lowest BCUT2D eigenvalue weighted by atomic mass is 9.78. The van der Waals surface area contributed by atoms with E-state index < -0.39 is 0 Å². The summed E-state index contributed by atoms with van der Waals surface area (Å²) < 4.78 is 6.09. The minimum atomic E-state index is -0.0109. The van der Waals surface area contributed by atoms with E-state index in [-0.39, 0.29) is 17.6 Å². The van der Waals surface area contributed by atoms with Gasteiger partial charge < -0.3 is 25.6 Å². The monoisotopic (exact) mass is 429 g/mol. The van der Waals surface area contributed by atoms with Crippen molar-refractivity contribution in [2.75, 3.05) is 38.6 Å². The molecule has 2 aliphatic rings. The molecule has 2 saturated heterocycles. The van der Waals surface area contributed by atoms with Crippen LogP contribution < -0.4 is 16.0 Å². The fraction of sp³-hybridized carbons (Fsp3) is 0.667. The first kappa shape index (κ1) is 23.4. The van der Waals surface area contributed by atoms with Crippen LogP contribution in [-0.4, -0.2) is 56.3 Å². The van der Waals surface area contributed by atoms with Crippen molar-refractivity contribution in [1.82, 2.24) is 15.5 Å². The van der Waals surface area contributed by atoms with Gasteiger partial charge in [0.15, 0.2) is 5.96 Å². The van der Waals surface area contributed by atoms with Gasteiger partial charge in [-0.1, -0.05) is 32.9 Å². The van der Waals surface area contributed by atoms with Crippen molar-refractivity contribution in [3.63, 3.8) is 0 Å². The quantitative estimate of drug-likeness (QED) is 0.491. The minimum Gasteiger partial charge on any atom is -0.377 e. The minimum absolute atomic E-state index is 0.0109. The van der Waals surface area contributed by atoms with Gasteiger partial charge in [-0.05, 0) is 48.8 Å². The smallest absolute Gasteiger partial charge is 0.321 e. The number of amides is 2. The van der Waals surface area contributed by atoms with E-state index in [0.717, 1.165) is 62.7 Å². The number of carbonyl (C=O) groups excluding carboxylic acids is 1. The van der Waals surface area contributed by atoms with Gasteiger partial charge in [0, 0.05) is 51.4 Å². The Morgan fingerprint density at radius 2 is 1.97 bits per heavy atom. The maximum absolute atomic E-state index is 12.3. The van der Waals surface area contributed by atoms with Crippen molar-refractivity contribution in [1.29, 1.82) is 0 Å². The molecular formula is C24H39N5O2. The largest absolute Gasteiger partial charge is 0.377 e. The summed E-state index contributed by atoms with van der Waals surface area (Å²) in [5.41, 5.74) is 2.05. The molecule has 1 aromatic carbocycles. The second-order valence-corrected chi connectivity index (χ2v) is 9.69. The zero-order valence-electron chi connectivity index (χ0n) is 19.5. The standard InChI is InChI=1S/C24H39N5O2/c1-24(2,3)21-19(10-8-14-31-21)17-27-22(25-4)26-16-18-9-7-11-20(15-18)28-23(30)29-12-5-6-13-29/h7,9,11,15,19,21H,5-6,8,10,12-14,16-17H2,1-4H3,(H,28,30)(H2,25,26,27). The second kappa shape index (κ2) is 10.8. The lowest BCUT2D eigenvalue weighted by molar-refractivity contribution is -0.0835. The lowest BCUT2D eigenvalue weighted by Crippen LogP contribution is -2.47. The summed E-state index contributed by atoms with van der Waals surface area (Å²) in [6.07, 6.45) is 4.72. The maximum Gasteiger partial charge on any atom is 0.321 e. The molecule has 172 valence electrons. The molecule has 3 rings (SSSR count). The van der Waals surface area contributed by atoms with E-state index in [2.05, 4.69) is 47.8 Å². The normalized spacial score (nSPS) is 22.3. The van der Waals surface area contributed by atoms with E-state index in [4.69, 9.17) is 4.74 Å². The molecule has 0 aromatic heterocycles. The first-order valence-corrected chi connectivity index (χ1v) is 11.6. The topological polar surface area (TPSA) is 78.0 Å². The Morgan fingerprint density at radius 3 is 2.68 bits per heavy atom. The third-order valence-corrected chi connectivity index (χ3v) is 6.09. The van der Waals surface area contributed by atoms with Gasteiger partial charge in [-0.25, -0.2) is 4.79 Å². The van der Waals surface area contributed by atoms with E-state index in [1.807, 2.05) is 23.1 Å². The summed E-state index contributed by atoms with van der Waals surface area (Å²) in [4.78, 5) is 18.6. The number of rotatable bonds is 5. The summed E-state index contributed by atoms with van der Waals surface area (Å²) in [5, 5.41) is 9.88. The van der Waals surface area contributed by atoms with Crippen LogP contribution in [0.25, 0.3) is 0 Å². The van der Waals surface area contributed by atoms with E-state index in [0.29, 0.717) is 12.5 Å². The average Bonchev–Trinajstić information content (AvgIpc) is 3.29. The Balaban J connectivity index is 1.49. The predicted molar refractivity (Wildman–Crippen MR) is 126 cm³/mol. The van der Waals surface area contributed by atoms with E-state index in [9.17, 15) is 4.79 Å². The van der Waals surface area contributed by atoms with Crippen molar-refractivity contribution in [2.45, 2.75) is 59.1 Å². The number of nitrogens with zero attached hydrogens (tertiary/aromatic N) is 2. The van der Waals surface area contributed by atoms with Gasteiger partial charge in [0.1, 0.15) is 0 Å². The number of aliphatic imine (C=N–C) groups is 1. The molecule has 1 aromatic rings. The van der Waals surface area contributed by atoms with E-state index in [1.165, 1.54) is 6.42 Å². The summed E-state index contributed by atoms with van der Waals surface area (Å²) in [6.45, 7) is 10.8. The molecule has 2 heterocycles. The zero-order valence-corrected chi connectivity index (χ0v) is 19.5. The van der Waals surface area contributed by atoms with Gasteiger partial charge in [-0.3, -0.25) is 4.99 Å². The molecule has 0 spiro atoms. The number of carbonyl (C=O) groups is 1. The Kier molecular flexibility index (Phi) is 8.18. The molecule has 7 nitrogen and oxygen atoms in total. The van der Waals surface area contributed by atoms with Gasteiger partial charge in [-0.2, -0.15) is 0 Å². The van der Waals surface area contributed by atoms with Gasteiger partial charge in [0.25, 0.3) is 0 Å². The second-order valence-electron chi connectivity index (χ2n) is 9.69. The highest BCUT2D eigenvalue weighted by molar-refractivity contribution is 5.89. The summed E-state index contributed by atoms with van der Waals surface area (Å²) in [7, 11) is 1.79. The molecule has 0 radical (unpaired) electrons. The third-order valence-electron chi connectivity index (χ3n) is 6.09. The molecule has 2 unspecified atom stereocenters. The molecule has 7 heteroatoms. The van der Waals surface area contributed by atoms with Crippen molar-refractivity contribution >= 4 is 17.7 Å². The van der Waals surface area contributed by atoms with Crippen LogP contribution in [0.3, 0.4) is 0 Å². The SMILES string of the molecule is CN=C(NCc1cccc(NC(=O)N2CCCC2)c1)NCC1CCCOC1C(C)(C)C. The number of guanidine groups is 1. The molecule has 0 bridgehead atoms. The van der Waals surface area contributed by atoms with E-state index in [1.54, 1.807) is 7.05 Å².